The third-order valence-electron chi connectivity index (χ3n) is 12.9. The van der Waals surface area contributed by atoms with Gasteiger partial charge in [0.05, 0.1) is 25.4 Å². The smallest absolute Gasteiger partial charge is 0.407 e. The number of rotatable bonds is 21. The molecule has 0 aromatic heterocycles. The molecule has 1 aliphatic rings. The summed E-state index contributed by atoms with van der Waals surface area (Å²) in [6.07, 6.45) is -0.402. The van der Waals surface area contributed by atoms with Gasteiger partial charge in [-0.1, -0.05) is 138 Å². The Kier molecular flexibility index (Phi) is 20.4. The third kappa shape index (κ3) is 18.3. The van der Waals surface area contributed by atoms with Gasteiger partial charge in [-0.15, -0.1) is 0 Å². The van der Waals surface area contributed by atoms with Gasteiger partial charge in [-0.2, -0.15) is 0 Å². The lowest BCUT2D eigenvalue weighted by Gasteiger charge is -2.42. The number of ether oxygens (including phenoxy) is 3. The van der Waals surface area contributed by atoms with Crippen LogP contribution in [0.15, 0.2) is 115 Å². The lowest BCUT2D eigenvalue weighted by molar-refractivity contribution is -0.134. The second-order valence-corrected chi connectivity index (χ2v) is 26.0. The Morgan fingerprint density at radius 2 is 1.18 bits per heavy atom. The molecule has 1 heterocycles. The number of alkyl carbamates (subject to hydrolysis) is 1. The lowest BCUT2D eigenvalue weighted by atomic mass is 9.88. The number of imide groups is 1. The number of benzene rings is 4. The molecule has 15 heteroatoms. The number of amides is 6. The number of hydrogen-bond donors (Lipinski definition) is 4. The first-order valence-electron chi connectivity index (χ1n) is 24.9. The number of carbonyl (C=O) groups excluding carboxylic acids is 5. The molecule has 4 aromatic rings. The molecule has 5 unspecified atom stereocenters. The Balaban J connectivity index is 1.49. The molecule has 0 aliphatic carbocycles. The Morgan fingerprint density at radius 1 is 0.648 bits per heavy atom. The summed E-state index contributed by atoms with van der Waals surface area (Å²) in [4.78, 5) is 72.1. The van der Waals surface area contributed by atoms with Crippen molar-refractivity contribution in [1.29, 1.82) is 0 Å². The third-order valence-corrected chi connectivity index (χ3v) is 17.4. The van der Waals surface area contributed by atoms with E-state index < -0.39 is 79.8 Å². The molecule has 5 rings (SSSR count). The summed E-state index contributed by atoms with van der Waals surface area (Å²) in [6, 6.07) is 33.1. The number of nitrogens with one attached hydrogen (secondary N) is 4. The molecule has 4 N–H and O–H groups in total. The zero-order valence-electron chi connectivity index (χ0n) is 43.4. The van der Waals surface area contributed by atoms with E-state index in [2.05, 4.69) is 55.1 Å². The molecular formula is C56H77N5O9Si. The molecule has 1 fully saturated rings. The maximum atomic E-state index is 15.2. The van der Waals surface area contributed by atoms with Crippen LogP contribution < -0.4 is 26.0 Å². The Hall–Kier alpha value is -6.03. The molecule has 1 saturated heterocycles. The summed E-state index contributed by atoms with van der Waals surface area (Å²) in [7, 11) is -2.61. The summed E-state index contributed by atoms with van der Waals surface area (Å²) in [6.45, 7) is 21.6. The average Bonchev–Trinajstić information content (AvgIpc) is 3.32. The molecule has 1 aliphatic heterocycles. The highest BCUT2D eigenvalue weighted by molar-refractivity contribution is 6.74. The molecule has 71 heavy (non-hydrogen) atoms. The van der Waals surface area contributed by atoms with Gasteiger partial charge in [-0.05, 0) is 98.5 Å². The summed E-state index contributed by atoms with van der Waals surface area (Å²) < 4.78 is 24.6. The van der Waals surface area contributed by atoms with E-state index in [9.17, 15) is 19.2 Å². The normalized spacial score (nSPS) is 15.3. The van der Waals surface area contributed by atoms with E-state index in [1.807, 2.05) is 150 Å². The molecule has 0 saturated carbocycles. The Bertz CT molecular complexity index is 2310. The highest BCUT2D eigenvalue weighted by atomic mass is 28.4. The predicted octanol–water partition coefficient (Wildman–Crippen LogP) is 8.78. The average molecular weight is 992 g/mol. The topological polar surface area (TPSA) is 174 Å². The number of carbonyl (C=O) groups is 5. The second kappa shape index (κ2) is 25.9. The van der Waals surface area contributed by atoms with Crippen molar-refractivity contribution in [3.8, 4) is 5.75 Å². The van der Waals surface area contributed by atoms with Crippen molar-refractivity contribution in [2.24, 2.45) is 11.8 Å². The minimum atomic E-state index is -2.61. The van der Waals surface area contributed by atoms with Crippen LogP contribution in [0.1, 0.15) is 84.1 Å². The van der Waals surface area contributed by atoms with Gasteiger partial charge in [0.15, 0.2) is 8.32 Å². The van der Waals surface area contributed by atoms with Gasteiger partial charge < -0.3 is 39.5 Å². The van der Waals surface area contributed by atoms with E-state index in [4.69, 9.17) is 18.6 Å². The van der Waals surface area contributed by atoms with Crippen LogP contribution in [-0.2, 0) is 54.2 Å². The van der Waals surface area contributed by atoms with E-state index in [1.165, 1.54) is 4.90 Å². The van der Waals surface area contributed by atoms with Crippen LogP contribution >= 0.6 is 0 Å². The Morgan fingerprint density at radius 3 is 1.72 bits per heavy atom. The van der Waals surface area contributed by atoms with Crippen LogP contribution in [-0.4, -0.2) is 99.2 Å². The fourth-order valence-electron chi connectivity index (χ4n) is 7.93. The molecule has 0 radical (unpaired) electrons. The van der Waals surface area contributed by atoms with E-state index in [0.29, 0.717) is 45.1 Å². The zero-order chi connectivity index (χ0) is 51.8. The number of morpholine rings is 1. The lowest BCUT2D eigenvalue weighted by Crippen LogP contribution is -2.59. The molecule has 14 nitrogen and oxygen atoms in total. The van der Waals surface area contributed by atoms with Gasteiger partial charge in [0.25, 0.3) is 5.91 Å². The molecule has 0 spiro atoms. The van der Waals surface area contributed by atoms with Gasteiger partial charge in [-0.25, -0.2) is 9.59 Å². The van der Waals surface area contributed by atoms with Crippen molar-refractivity contribution in [3.63, 3.8) is 0 Å². The monoisotopic (exact) mass is 992 g/mol. The van der Waals surface area contributed by atoms with Crippen molar-refractivity contribution >= 4 is 38.2 Å². The maximum absolute atomic E-state index is 15.2. The van der Waals surface area contributed by atoms with Gasteiger partial charge in [0.2, 0.25) is 11.8 Å². The first-order valence-corrected chi connectivity index (χ1v) is 27.8. The van der Waals surface area contributed by atoms with Crippen molar-refractivity contribution in [2.75, 3.05) is 26.3 Å². The molecule has 4 aromatic carbocycles. The highest BCUT2D eigenvalue weighted by Crippen LogP contribution is 2.39. The summed E-state index contributed by atoms with van der Waals surface area (Å²) in [5.74, 6) is -2.20. The van der Waals surface area contributed by atoms with Crippen molar-refractivity contribution in [1.82, 2.24) is 26.2 Å². The molecule has 5 atom stereocenters. The van der Waals surface area contributed by atoms with E-state index >= 15 is 4.79 Å². The fourth-order valence-corrected chi connectivity index (χ4v) is 9.30. The zero-order valence-corrected chi connectivity index (χ0v) is 44.4. The van der Waals surface area contributed by atoms with Crippen LogP contribution in [0.3, 0.4) is 0 Å². The number of hydrogen-bond acceptors (Lipinski definition) is 9. The van der Waals surface area contributed by atoms with Gasteiger partial charge >= 0.3 is 12.1 Å². The summed E-state index contributed by atoms with van der Waals surface area (Å²) >= 11 is 0. The minimum Gasteiger partial charge on any atom is -0.489 e. The quantitative estimate of drug-likeness (QED) is 0.0596. The molecule has 0 bridgehead atoms. The first-order chi connectivity index (χ1) is 33.6. The highest BCUT2D eigenvalue weighted by Gasteiger charge is 2.43. The van der Waals surface area contributed by atoms with Crippen LogP contribution in [0.4, 0.5) is 9.59 Å². The minimum absolute atomic E-state index is 0.0984. The molecular weight excluding hydrogens is 915 g/mol. The largest absolute Gasteiger partial charge is 0.489 e. The van der Waals surface area contributed by atoms with Gasteiger partial charge in [0, 0.05) is 25.4 Å². The summed E-state index contributed by atoms with van der Waals surface area (Å²) in [5.41, 5.74) is 2.83. The fraction of sp³-hybridized carbons (Fsp3) is 0.482. The predicted molar refractivity (Wildman–Crippen MR) is 279 cm³/mol. The standard InChI is InChI=1S/C56H77N5O9Si/c1-39(2)49(52(64)57-47(36-41-22-16-12-17-23-41)51(63)60-53(65)61-30-32-67-33-31-61)59-50(62)44(34-42-26-28-45(29-27-42)68-38-43-24-18-13-19-25-43)37-48(70-71(9,10)56(6,7)8)46(35-40-20-14-11-15-21-40)58-54(66)69-55(3,4)5/h11-29,39,44,46-49H,30-38H2,1-10H3,(H,57,64)(H,58,66)(H,59,62)(H,60,63,65). The summed E-state index contributed by atoms with van der Waals surface area (Å²) in [5, 5.41) is 11.4. The van der Waals surface area contributed by atoms with Crippen LogP contribution in [0, 0.1) is 11.8 Å². The van der Waals surface area contributed by atoms with Crippen molar-refractivity contribution < 1.29 is 42.6 Å². The van der Waals surface area contributed by atoms with Crippen LogP contribution in [0.2, 0.25) is 18.1 Å². The maximum Gasteiger partial charge on any atom is 0.407 e. The van der Waals surface area contributed by atoms with E-state index in [1.54, 1.807) is 0 Å². The molecule has 384 valence electrons. The van der Waals surface area contributed by atoms with E-state index in [0.717, 1.165) is 22.3 Å². The van der Waals surface area contributed by atoms with Crippen LogP contribution in [0.5, 0.6) is 5.75 Å². The van der Waals surface area contributed by atoms with Crippen molar-refractivity contribution in [2.45, 2.75) is 136 Å². The SMILES string of the molecule is CC(C)C(NC(=O)C(Cc1ccc(OCc2ccccc2)cc1)CC(O[Si](C)(C)C(C)(C)C)C(Cc1ccccc1)NC(=O)OC(C)(C)C)C(=O)NC(Cc1ccccc1)C(=O)NC(=O)N1CCOCC1. The van der Waals surface area contributed by atoms with Gasteiger partial charge in [-0.3, -0.25) is 19.7 Å². The van der Waals surface area contributed by atoms with Crippen molar-refractivity contribution in [3.05, 3.63) is 138 Å². The first kappa shape index (κ1) is 55.9. The van der Waals surface area contributed by atoms with Crippen LogP contribution in [0.25, 0.3) is 0 Å². The Labute approximate surface area is 422 Å². The molecule has 6 amide bonds. The second-order valence-electron chi connectivity index (χ2n) is 21.3. The van der Waals surface area contributed by atoms with Gasteiger partial charge in [0.1, 0.15) is 30.0 Å². The number of nitrogens with zero attached hydrogens (tertiary/aromatic N) is 1. The number of urea groups is 1. The van der Waals surface area contributed by atoms with E-state index in [-0.39, 0.29) is 24.3 Å².